The number of fused-ring (bicyclic) bond motifs is 1. The maximum absolute atomic E-state index is 6.25. The summed E-state index contributed by atoms with van der Waals surface area (Å²) in [5.74, 6) is 2.58. The number of quaternary nitrogens is 1. The number of hydrogen-bond acceptors (Lipinski definition) is 3. The van der Waals surface area contributed by atoms with E-state index in [9.17, 15) is 0 Å². The van der Waals surface area contributed by atoms with Gasteiger partial charge in [-0.2, -0.15) is 0 Å². The van der Waals surface area contributed by atoms with Crippen molar-refractivity contribution >= 4 is 28.8 Å². The Balaban J connectivity index is 1.36. The number of nitrogens with zero attached hydrogens (tertiary/aromatic N) is 3. The van der Waals surface area contributed by atoms with E-state index in [0.717, 1.165) is 48.1 Å². The van der Waals surface area contributed by atoms with Crippen molar-refractivity contribution in [2.75, 3.05) is 6.54 Å². The molecular weight excluding hydrogens is 371 g/mol. The molecule has 5 nitrogen and oxygen atoms in total. The van der Waals surface area contributed by atoms with E-state index in [-0.39, 0.29) is 0 Å². The van der Waals surface area contributed by atoms with Gasteiger partial charge in [-0.05, 0) is 36.4 Å². The fourth-order valence-corrected chi connectivity index (χ4v) is 3.26. The molecule has 4 aromatic rings. The van der Waals surface area contributed by atoms with Crippen LogP contribution in [0.1, 0.15) is 11.6 Å². The monoisotopic (exact) mass is 387 g/mol. The lowest BCUT2D eigenvalue weighted by Gasteiger charge is -2.02. The number of pyridine rings is 1. The van der Waals surface area contributed by atoms with E-state index in [4.69, 9.17) is 27.6 Å². The van der Waals surface area contributed by atoms with Gasteiger partial charge in [0.2, 0.25) is 0 Å². The number of halogens is 2. The van der Waals surface area contributed by atoms with E-state index < -0.39 is 0 Å². The third-order valence-electron chi connectivity index (χ3n) is 4.18. The third-order valence-corrected chi connectivity index (χ3v) is 5.00. The number of benzene rings is 1. The smallest absolute Gasteiger partial charge is 0.160 e. The van der Waals surface area contributed by atoms with Crippen LogP contribution in [0.2, 0.25) is 10.0 Å². The molecule has 0 atom stereocenters. The van der Waals surface area contributed by atoms with Crippen molar-refractivity contribution in [2.24, 2.45) is 0 Å². The van der Waals surface area contributed by atoms with Crippen molar-refractivity contribution in [1.82, 2.24) is 14.6 Å². The van der Waals surface area contributed by atoms with E-state index in [2.05, 4.69) is 15.5 Å². The van der Waals surface area contributed by atoms with E-state index >= 15 is 0 Å². The predicted molar refractivity (Wildman–Crippen MR) is 101 cm³/mol. The topological polar surface area (TPSA) is 59.9 Å². The van der Waals surface area contributed by atoms with Crippen LogP contribution in [0.15, 0.2) is 59.1 Å². The van der Waals surface area contributed by atoms with Gasteiger partial charge in [0.05, 0.1) is 23.0 Å². The average molecular weight is 388 g/mol. The number of furan rings is 1. The molecule has 1 aromatic carbocycles. The Bertz CT molecular complexity index is 1040. The molecule has 7 heteroatoms. The summed E-state index contributed by atoms with van der Waals surface area (Å²) in [5.41, 5.74) is 1.68. The molecule has 4 rings (SSSR count). The predicted octanol–water partition coefficient (Wildman–Crippen LogP) is 3.60. The van der Waals surface area contributed by atoms with Crippen LogP contribution in [0.4, 0.5) is 0 Å². The minimum atomic E-state index is 0.512. The molecule has 3 heterocycles. The van der Waals surface area contributed by atoms with E-state index in [1.165, 1.54) is 0 Å². The summed E-state index contributed by atoms with van der Waals surface area (Å²) in [4.78, 5) is 0. The minimum Gasteiger partial charge on any atom is -0.455 e. The molecule has 2 N–H and O–H groups in total. The van der Waals surface area contributed by atoms with Crippen molar-refractivity contribution in [3.63, 3.8) is 0 Å². The van der Waals surface area contributed by atoms with Crippen LogP contribution in [-0.4, -0.2) is 21.1 Å². The first kappa shape index (κ1) is 17.1. The molecule has 0 radical (unpaired) electrons. The lowest BCUT2D eigenvalue weighted by molar-refractivity contribution is -0.671. The zero-order valence-corrected chi connectivity index (χ0v) is 15.4. The second-order valence-corrected chi connectivity index (χ2v) is 6.73. The lowest BCUT2D eigenvalue weighted by atomic mass is 10.2. The van der Waals surface area contributed by atoms with Gasteiger partial charge in [-0.3, -0.25) is 4.40 Å². The summed E-state index contributed by atoms with van der Waals surface area (Å²) in [5, 5.41) is 11.6. The van der Waals surface area contributed by atoms with E-state index in [1.54, 1.807) is 6.07 Å². The minimum absolute atomic E-state index is 0.512. The zero-order valence-electron chi connectivity index (χ0n) is 13.9. The van der Waals surface area contributed by atoms with Gasteiger partial charge in [-0.15, -0.1) is 10.2 Å². The standard InChI is InChI=1S/C19H16Cl2N4O/c20-15-5-3-4-14(19(15)21)16-8-7-13(26-16)12-22-10-9-18-24-23-17-6-1-2-11-25(17)18/h1-8,11,22H,9-10,12H2/p+1. The summed E-state index contributed by atoms with van der Waals surface area (Å²) >= 11 is 12.3. The molecule has 0 saturated heterocycles. The number of aromatic nitrogens is 3. The first-order chi connectivity index (χ1) is 12.7. The Kier molecular flexibility index (Phi) is 4.93. The maximum Gasteiger partial charge on any atom is 0.160 e. The zero-order chi connectivity index (χ0) is 17.9. The van der Waals surface area contributed by atoms with Crippen molar-refractivity contribution < 1.29 is 9.73 Å². The summed E-state index contributed by atoms with van der Waals surface area (Å²) in [6.45, 7) is 1.64. The first-order valence-electron chi connectivity index (χ1n) is 8.36. The first-order valence-corrected chi connectivity index (χ1v) is 9.11. The molecule has 0 spiro atoms. The van der Waals surface area contributed by atoms with Crippen molar-refractivity contribution in [1.29, 1.82) is 0 Å². The normalized spacial score (nSPS) is 11.3. The van der Waals surface area contributed by atoms with E-state index in [0.29, 0.717) is 10.0 Å². The second-order valence-electron chi connectivity index (χ2n) is 5.94. The maximum atomic E-state index is 6.25. The van der Waals surface area contributed by atoms with Crippen molar-refractivity contribution in [2.45, 2.75) is 13.0 Å². The highest BCUT2D eigenvalue weighted by Crippen LogP contribution is 2.34. The quantitative estimate of drug-likeness (QED) is 0.514. The molecule has 0 fully saturated rings. The van der Waals surface area contributed by atoms with Crippen LogP contribution >= 0.6 is 23.2 Å². The van der Waals surface area contributed by atoms with Crippen LogP contribution in [0.3, 0.4) is 0 Å². The van der Waals surface area contributed by atoms with Gasteiger partial charge in [0.1, 0.15) is 18.1 Å². The molecule has 0 aliphatic carbocycles. The highest BCUT2D eigenvalue weighted by atomic mass is 35.5. The highest BCUT2D eigenvalue weighted by Gasteiger charge is 2.12. The largest absolute Gasteiger partial charge is 0.455 e. The summed E-state index contributed by atoms with van der Waals surface area (Å²) in [6, 6.07) is 15.3. The van der Waals surface area contributed by atoms with Crippen molar-refractivity contribution in [3.8, 4) is 11.3 Å². The van der Waals surface area contributed by atoms with Crippen LogP contribution < -0.4 is 5.32 Å². The molecule has 0 aliphatic rings. The fourth-order valence-electron chi connectivity index (χ4n) is 2.86. The Morgan fingerprint density at radius 1 is 1.00 bits per heavy atom. The molecule has 0 amide bonds. The molecular formula is C19H17Cl2N4O+. The molecule has 0 saturated carbocycles. The van der Waals surface area contributed by atoms with Crippen LogP contribution in [0.25, 0.3) is 17.0 Å². The fraction of sp³-hybridized carbons (Fsp3) is 0.158. The van der Waals surface area contributed by atoms with Gasteiger partial charge in [0.15, 0.2) is 11.4 Å². The van der Waals surface area contributed by atoms with Crippen LogP contribution in [0, 0.1) is 0 Å². The lowest BCUT2D eigenvalue weighted by Crippen LogP contribution is -2.83. The molecule has 0 unspecified atom stereocenters. The van der Waals surface area contributed by atoms with Crippen LogP contribution in [0.5, 0.6) is 0 Å². The number of hydrogen-bond donors (Lipinski definition) is 1. The van der Waals surface area contributed by atoms with E-state index in [1.807, 2.05) is 53.1 Å². The average Bonchev–Trinajstić information content (AvgIpc) is 3.28. The molecule has 0 aliphatic heterocycles. The highest BCUT2D eigenvalue weighted by molar-refractivity contribution is 6.43. The molecule has 26 heavy (non-hydrogen) atoms. The SMILES string of the molecule is Clc1cccc(-c2ccc(C[NH2+]CCc3nnc4ccccn34)o2)c1Cl. The van der Waals surface area contributed by atoms with Gasteiger partial charge in [0.25, 0.3) is 0 Å². The van der Waals surface area contributed by atoms with Gasteiger partial charge >= 0.3 is 0 Å². The van der Waals surface area contributed by atoms with Crippen LogP contribution in [-0.2, 0) is 13.0 Å². The van der Waals surface area contributed by atoms with Gasteiger partial charge in [-0.1, -0.05) is 35.3 Å². The summed E-state index contributed by atoms with van der Waals surface area (Å²) < 4.78 is 7.92. The number of nitrogens with two attached hydrogens (primary N) is 1. The number of rotatable bonds is 6. The Hall–Kier alpha value is -2.34. The molecule has 132 valence electrons. The van der Waals surface area contributed by atoms with Gasteiger partial charge < -0.3 is 9.73 Å². The van der Waals surface area contributed by atoms with Gasteiger partial charge in [-0.25, -0.2) is 0 Å². The van der Waals surface area contributed by atoms with Crippen molar-refractivity contribution in [3.05, 3.63) is 76.4 Å². The third kappa shape index (κ3) is 3.46. The molecule has 0 bridgehead atoms. The Morgan fingerprint density at radius 2 is 1.92 bits per heavy atom. The Labute approximate surface area is 160 Å². The summed E-state index contributed by atoms with van der Waals surface area (Å²) in [7, 11) is 0. The van der Waals surface area contributed by atoms with Gasteiger partial charge in [0, 0.05) is 11.8 Å². The Morgan fingerprint density at radius 3 is 2.85 bits per heavy atom. The second kappa shape index (κ2) is 7.50. The molecule has 3 aromatic heterocycles. The summed E-state index contributed by atoms with van der Waals surface area (Å²) in [6.07, 6.45) is 2.82.